The third-order valence-electron chi connectivity index (χ3n) is 3.08. The van der Waals surface area contributed by atoms with Crippen LogP contribution in [0.3, 0.4) is 0 Å². The van der Waals surface area contributed by atoms with Crippen molar-refractivity contribution in [2.24, 2.45) is 5.73 Å². The van der Waals surface area contributed by atoms with Crippen molar-refractivity contribution in [2.45, 2.75) is 58.7 Å². The first-order valence-electron chi connectivity index (χ1n) is 7.08. The first-order chi connectivity index (χ1) is 9.58. The Labute approximate surface area is 132 Å². The highest BCUT2D eigenvalue weighted by molar-refractivity contribution is 6.31. The summed E-state index contributed by atoms with van der Waals surface area (Å²) in [7, 11) is 0. The molecule has 0 fully saturated rings. The largest absolute Gasteiger partial charge is 0.444 e. The number of rotatable bonds is 4. The molecule has 0 aliphatic rings. The van der Waals surface area contributed by atoms with Crippen molar-refractivity contribution in [1.29, 1.82) is 0 Å². The van der Waals surface area contributed by atoms with Crippen molar-refractivity contribution in [3.05, 3.63) is 34.3 Å². The summed E-state index contributed by atoms with van der Waals surface area (Å²) < 4.78 is 5.22. The molecule has 0 spiro atoms. The minimum absolute atomic E-state index is 0.184. The zero-order valence-corrected chi connectivity index (χ0v) is 14.1. The van der Waals surface area contributed by atoms with Crippen molar-refractivity contribution < 1.29 is 9.53 Å². The van der Waals surface area contributed by atoms with Crippen LogP contribution in [0.5, 0.6) is 0 Å². The maximum Gasteiger partial charge on any atom is 0.407 e. The van der Waals surface area contributed by atoms with Crippen molar-refractivity contribution in [3.8, 4) is 0 Å². The number of alkyl carbamates (subject to hydrolysis) is 1. The summed E-state index contributed by atoms with van der Waals surface area (Å²) >= 11 is 6.01. The summed E-state index contributed by atoms with van der Waals surface area (Å²) in [6, 6.07) is 5.46. The van der Waals surface area contributed by atoms with E-state index in [1.54, 1.807) is 0 Å². The Balaban J connectivity index is 2.56. The van der Waals surface area contributed by atoms with E-state index >= 15 is 0 Å². The van der Waals surface area contributed by atoms with Crippen LogP contribution in [0.2, 0.25) is 5.02 Å². The normalized spacial score (nSPS) is 14.4. The van der Waals surface area contributed by atoms with Gasteiger partial charge in [-0.3, -0.25) is 0 Å². The Bertz CT molecular complexity index is 498. The quantitative estimate of drug-likeness (QED) is 0.895. The fraction of sp³-hybridized carbons (Fsp3) is 0.562. The zero-order chi connectivity index (χ0) is 16.2. The van der Waals surface area contributed by atoms with Crippen LogP contribution in [0.1, 0.15) is 38.8 Å². The Morgan fingerprint density at radius 2 is 2.05 bits per heavy atom. The van der Waals surface area contributed by atoms with Crippen LogP contribution in [0.25, 0.3) is 0 Å². The molecule has 0 saturated heterocycles. The van der Waals surface area contributed by atoms with Crippen molar-refractivity contribution >= 4 is 17.7 Å². The van der Waals surface area contributed by atoms with Gasteiger partial charge in [0.15, 0.2) is 0 Å². The van der Waals surface area contributed by atoms with Gasteiger partial charge in [-0.2, -0.15) is 0 Å². The van der Waals surface area contributed by atoms with Crippen molar-refractivity contribution in [3.63, 3.8) is 0 Å². The van der Waals surface area contributed by atoms with Crippen LogP contribution in [0.4, 0.5) is 4.79 Å². The summed E-state index contributed by atoms with van der Waals surface area (Å²) in [5, 5.41) is 3.51. The summed E-state index contributed by atoms with van der Waals surface area (Å²) in [4.78, 5) is 11.7. The smallest absolute Gasteiger partial charge is 0.407 e. The number of aryl methyl sites for hydroxylation is 1. The molecule has 0 saturated carbocycles. The lowest BCUT2D eigenvalue weighted by Crippen LogP contribution is -2.48. The van der Waals surface area contributed by atoms with E-state index in [1.165, 1.54) is 0 Å². The second-order valence-corrected chi connectivity index (χ2v) is 6.79. The number of amides is 1. The molecule has 0 aliphatic heterocycles. The zero-order valence-electron chi connectivity index (χ0n) is 13.4. The van der Waals surface area contributed by atoms with Crippen LogP contribution in [0, 0.1) is 6.92 Å². The predicted octanol–water partition coefficient (Wildman–Crippen LogP) is 3.43. The Kier molecular flexibility index (Phi) is 6.05. The van der Waals surface area contributed by atoms with Crippen molar-refractivity contribution in [2.75, 3.05) is 0 Å². The van der Waals surface area contributed by atoms with E-state index in [-0.39, 0.29) is 12.1 Å². The molecule has 1 aromatic carbocycles. The summed E-state index contributed by atoms with van der Waals surface area (Å²) in [6.07, 6.45) is 0.215. The third-order valence-corrected chi connectivity index (χ3v) is 3.50. The topological polar surface area (TPSA) is 64.3 Å². The first-order valence-corrected chi connectivity index (χ1v) is 7.46. The summed E-state index contributed by atoms with van der Waals surface area (Å²) in [6.45, 7) is 9.31. The number of benzene rings is 1. The molecule has 5 heteroatoms. The number of hydrogen-bond donors (Lipinski definition) is 2. The number of ether oxygens (including phenoxy) is 1. The highest BCUT2D eigenvalue weighted by Crippen LogP contribution is 2.17. The number of nitrogens with one attached hydrogen (secondary N) is 1. The van der Waals surface area contributed by atoms with Crippen LogP contribution in [-0.4, -0.2) is 23.8 Å². The van der Waals surface area contributed by atoms with E-state index in [9.17, 15) is 4.79 Å². The lowest BCUT2D eigenvalue weighted by molar-refractivity contribution is 0.0501. The van der Waals surface area contributed by atoms with Gasteiger partial charge in [0.25, 0.3) is 0 Å². The summed E-state index contributed by atoms with van der Waals surface area (Å²) in [5.74, 6) is 0. The molecule has 0 bridgehead atoms. The van der Waals surface area contributed by atoms with Gasteiger partial charge in [-0.05, 0) is 58.2 Å². The van der Waals surface area contributed by atoms with Crippen LogP contribution in [-0.2, 0) is 11.2 Å². The van der Waals surface area contributed by atoms with Crippen LogP contribution >= 0.6 is 11.6 Å². The summed E-state index contributed by atoms with van der Waals surface area (Å²) in [5.41, 5.74) is 7.76. The Morgan fingerprint density at radius 3 is 2.57 bits per heavy atom. The predicted molar refractivity (Wildman–Crippen MR) is 86.7 cm³/mol. The molecule has 1 amide bonds. The van der Waals surface area contributed by atoms with Gasteiger partial charge in [0, 0.05) is 17.1 Å². The molecule has 21 heavy (non-hydrogen) atoms. The molecule has 0 radical (unpaired) electrons. The van der Waals surface area contributed by atoms with Crippen LogP contribution < -0.4 is 11.1 Å². The van der Waals surface area contributed by atoms with Gasteiger partial charge in [0.05, 0.1) is 0 Å². The van der Waals surface area contributed by atoms with Gasteiger partial charge in [-0.25, -0.2) is 4.79 Å². The molecule has 2 atom stereocenters. The lowest BCUT2D eigenvalue weighted by Gasteiger charge is -2.25. The fourth-order valence-electron chi connectivity index (χ4n) is 1.88. The average molecular weight is 313 g/mol. The Morgan fingerprint density at radius 1 is 1.43 bits per heavy atom. The number of carbonyl (C=O) groups is 1. The van der Waals surface area contributed by atoms with Gasteiger partial charge in [0.2, 0.25) is 0 Å². The highest BCUT2D eigenvalue weighted by atomic mass is 35.5. The van der Waals surface area contributed by atoms with Gasteiger partial charge >= 0.3 is 6.09 Å². The maximum atomic E-state index is 11.7. The number of hydrogen-bond acceptors (Lipinski definition) is 3. The molecule has 0 aliphatic carbocycles. The SMILES string of the molecule is Cc1cc(CC(N)[C@H](C)NC(=O)OC(C)(C)C)ccc1Cl. The highest BCUT2D eigenvalue weighted by Gasteiger charge is 2.20. The standard InChI is InChI=1S/C16H25ClN2O2/c1-10-8-12(6-7-13(10)17)9-14(18)11(2)19-15(20)21-16(3,4)5/h6-8,11,14H,9,18H2,1-5H3,(H,19,20)/t11-,14?/m0/s1. The molecule has 1 aromatic rings. The van der Waals surface area contributed by atoms with Gasteiger partial charge in [0.1, 0.15) is 5.60 Å². The van der Waals surface area contributed by atoms with E-state index in [0.717, 1.165) is 16.1 Å². The molecule has 118 valence electrons. The van der Waals surface area contributed by atoms with Crippen LogP contribution in [0.15, 0.2) is 18.2 Å². The van der Waals surface area contributed by atoms with E-state index < -0.39 is 11.7 Å². The minimum Gasteiger partial charge on any atom is -0.444 e. The third kappa shape index (κ3) is 6.36. The van der Waals surface area contributed by atoms with Gasteiger partial charge in [-0.15, -0.1) is 0 Å². The van der Waals surface area contributed by atoms with E-state index in [0.29, 0.717) is 6.42 Å². The second-order valence-electron chi connectivity index (χ2n) is 6.39. The maximum absolute atomic E-state index is 11.7. The van der Waals surface area contributed by atoms with Crippen molar-refractivity contribution in [1.82, 2.24) is 5.32 Å². The fourth-order valence-corrected chi connectivity index (χ4v) is 2.00. The van der Waals surface area contributed by atoms with Gasteiger partial charge in [-0.1, -0.05) is 23.7 Å². The molecule has 0 aromatic heterocycles. The van der Waals surface area contributed by atoms with E-state index in [1.807, 2.05) is 52.8 Å². The number of carbonyl (C=O) groups excluding carboxylic acids is 1. The number of halogens is 1. The molecular weight excluding hydrogens is 288 g/mol. The lowest BCUT2D eigenvalue weighted by atomic mass is 10.00. The number of nitrogens with two attached hydrogens (primary N) is 1. The molecule has 4 nitrogen and oxygen atoms in total. The Hall–Kier alpha value is -1.26. The average Bonchev–Trinajstić information content (AvgIpc) is 2.31. The monoisotopic (exact) mass is 312 g/mol. The van der Waals surface area contributed by atoms with E-state index in [4.69, 9.17) is 22.1 Å². The molecule has 0 heterocycles. The molecule has 3 N–H and O–H groups in total. The van der Waals surface area contributed by atoms with Gasteiger partial charge < -0.3 is 15.8 Å². The minimum atomic E-state index is -0.513. The van der Waals surface area contributed by atoms with E-state index in [2.05, 4.69) is 5.32 Å². The first kappa shape index (κ1) is 17.8. The second kappa shape index (κ2) is 7.14. The molecule has 1 unspecified atom stereocenters. The molecule has 1 rings (SSSR count). The molecular formula is C16H25ClN2O2.